The second-order valence-electron chi connectivity index (χ2n) is 7.64. The van der Waals surface area contributed by atoms with Crippen LogP contribution in [-0.4, -0.2) is 5.49 Å². The van der Waals surface area contributed by atoms with E-state index in [-0.39, 0.29) is 30.3 Å². The van der Waals surface area contributed by atoms with Crippen LogP contribution in [0.5, 0.6) is 0 Å². The van der Waals surface area contributed by atoms with Gasteiger partial charge in [-0.2, -0.15) is 0 Å². The van der Waals surface area contributed by atoms with E-state index in [1.165, 1.54) is 51.4 Å². The summed E-state index contributed by atoms with van der Waals surface area (Å²) in [5, 5.41) is 0. The molecule has 130 valence electrons. The predicted molar refractivity (Wildman–Crippen MR) is 94.3 cm³/mol. The van der Waals surface area contributed by atoms with Gasteiger partial charge in [-0.25, -0.2) is 0 Å². The molecule has 0 nitrogen and oxygen atoms in total. The third-order valence-electron chi connectivity index (χ3n) is 6.09. The van der Waals surface area contributed by atoms with Gasteiger partial charge in [0.25, 0.3) is 0 Å². The molecule has 0 aromatic carbocycles. The molecule has 0 fully saturated rings. The topological polar surface area (TPSA) is 0 Å². The van der Waals surface area contributed by atoms with E-state index in [0.29, 0.717) is 0 Å². The summed E-state index contributed by atoms with van der Waals surface area (Å²) in [6.45, 7) is 5.30. The van der Waals surface area contributed by atoms with Gasteiger partial charge >= 0.3 is 144 Å². The monoisotopic (exact) mass is 546 g/mol. The molecule has 0 saturated heterocycles. The third kappa shape index (κ3) is 3.82. The quantitative estimate of drug-likeness (QED) is 0.439. The van der Waals surface area contributed by atoms with Crippen molar-refractivity contribution >= 4 is 5.49 Å². The Morgan fingerprint density at radius 1 is 0.750 bits per heavy atom. The zero-order chi connectivity index (χ0) is 15.1. The molecule has 0 aromatic heterocycles. The molecule has 4 heteroatoms. The zero-order valence-electron chi connectivity index (χ0n) is 14.9. The Hall–Kier alpha value is 0.627. The van der Waals surface area contributed by atoms with Crippen molar-refractivity contribution in [3.05, 3.63) is 46.6 Å². The van der Waals surface area contributed by atoms with Crippen molar-refractivity contribution in [1.82, 2.24) is 0 Å². The molecule has 0 radical (unpaired) electrons. The molecular formula is C20H28Cl2HfSi. The summed E-state index contributed by atoms with van der Waals surface area (Å²) in [6, 6.07) is 0. The molecular weight excluding hydrogens is 518 g/mol. The third-order valence-corrected chi connectivity index (χ3v) is 33.5. The molecule has 0 aliphatic heterocycles. The number of hydrogen-bond acceptors (Lipinski definition) is 0. The molecule has 0 amide bonds. The molecule has 0 spiro atoms. The van der Waals surface area contributed by atoms with Crippen molar-refractivity contribution in [2.45, 2.75) is 71.8 Å². The Labute approximate surface area is 167 Å². The van der Waals surface area contributed by atoms with Crippen LogP contribution in [0.15, 0.2) is 46.6 Å². The Morgan fingerprint density at radius 2 is 1.17 bits per heavy atom. The second-order valence-corrected chi connectivity index (χ2v) is 32.9. The average molecular weight is 546 g/mol. The molecule has 0 aromatic rings. The van der Waals surface area contributed by atoms with Crippen LogP contribution in [0.3, 0.4) is 0 Å². The summed E-state index contributed by atoms with van der Waals surface area (Å²) in [6.07, 6.45) is 21.9. The van der Waals surface area contributed by atoms with E-state index >= 15 is 0 Å². The maximum atomic E-state index is 2.69. The van der Waals surface area contributed by atoms with E-state index in [1.54, 1.807) is 11.1 Å². The van der Waals surface area contributed by atoms with Crippen LogP contribution in [0.4, 0.5) is 0 Å². The van der Waals surface area contributed by atoms with Crippen LogP contribution in [0.2, 0.25) is 20.4 Å². The summed E-state index contributed by atoms with van der Waals surface area (Å²) in [4.78, 5) is 0. The molecule has 4 aliphatic carbocycles. The number of halogens is 2. The van der Waals surface area contributed by atoms with E-state index in [4.69, 9.17) is 0 Å². The Kier molecular flexibility index (Phi) is 7.86. The summed E-state index contributed by atoms with van der Waals surface area (Å²) in [5.41, 5.74) is 7.29. The largest absolute Gasteiger partial charge is 1.00 e. The first-order valence-corrected chi connectivity index (χ1v) is 21.3. The van der Waals surface area contributed by atoms with Crippen LogP contribution in [0, 0.1) is 0 Å². The van der Waals surface area contributed by atoms with Gasteiger partial charge in [0.15, 0.2) is 0 Å². The molecule has 0 unspecified atom stereocenters. The summed E-state index contributed by atoms with van der Waals surface area (Å²) in [5.74, 6) is 0. The standard InChI is InChI=1S/2C9H11.C2H6Si.2ClH.Hf/c2*1-2-5-9-7-3-6-8(9)4-1;1-3-2;;;/h2*3,6-7H,1-2,4-5H2;1-2H3;2*1H;/q;;;;;+2/p-2. The van der Waals surface area contributed by atoms with Crippen LogP contribution >= 0.6 is 0 Å². The van der Waals surface area contributed by atoms with Gasteiger partial charge in [-0.15, -0.1) is 0 Å². The first kappa shape index (κ1) is 20.9. The van der Waals surface area contributed by atoms with Crippen LogP contribution in [0.1, 0.15) is 51.4 Å². The molecule has 0 bridgehead atoms. The van der Waals surface area contributed by atoms with Crippen molar-refractivity contribution < 1.29 is 44.9 Å². The van der Waals surface area contributed by atoms with Crippen LogP contribution < -0.4 is 24.8 Å². The van der Waals surface area contributed by atoms with E-state index in [2.05, 4.69) is 37.4 Å². The first-order chi connectivity index (χ1) is 10.8. The van der Waals surface area contributed by atoms with Gasteiger partial charge in [0, 0.05) is 0 Å². The molecule has 24 heavy (non-hydrogen) atoms. The van der Waals surface area contributed by atoms with Gasteiger partial charge in [-0.1, -0.05) is 0 Å². The summed E-state index contributed by atoms with van der Waals surface area (Å²) in [7, 11) is 0. The van der Waals surface area contributed by atoms with Gasteiger partial charge in [0.2, 0.25) is 0 Å². The normalized spacial score (nSPS) is 27.0. The minimum atomic E-state index is -1.68. The summed E-state index contributed by atoms with van der Waals surface area (Å²) < 4.78 is 1.96. The number of rotatable bonds is 2. The molecule has 0 heterocycles. The van der Waals surface area contributed by atoms with Crippen molar-refractivity contribution in [3.63, 3.8) is 0 Å². The summed E-state index contributed by atoms with van der Waals surface area (Å²) >= 11 is -1.68. The van der Waals surface area contributed by atoms with Crippen molar-refractivity contribution in [3.8, 4) is 0 Å². The minimum absolute atomic E-state index is 0. The molecule has 0 saturated carbocycles. The van der Waals surface area contributed by atoms with E-state index in [1.807, 2.05) is 11.1 Å². The van der Waals surface area contributed by atoms with Crippen molar-refractivity contribution in [1.29, 1.82) is 0 Å². The molecule has 4 rings (SSSR count). The van der Waals surface area contributed by atoms with Crippen molar-refractivity contribution in [2.75, 3.05) is 0 Å². The minimum Gasteiger partial charge on any atom is -1.00 e. The van der Waals surface area contributed by atoms with Gasteiger partial charge in [0.1, 0.15) is 0 Å². The number of allylic oxidation sites excluding steroid dienone is 8. The smallest absolute Gasteiger partial charge is 1.00 e. The fourth-order valence-corrected chi connectivity index (χ4v) is 32.8. The van der Waals surface area contributed by atoms with E-state index < -0.39 is 20.1 Å². The maximum absolute atomic E-state index is 2.69. The van der Waals surface area contributed by atoms with Gasteiger partial charge in [0.05, 0.1) is 0 Å². The predicted octanol–water partition coefficient (Wildman–Crippen LogP) is 0.322. The van der Waals surface area contributed by atoms with Gasteiger partial charge in [-0.05, 0) is 0 Å². The first-order valence-electron chi connectivity index (χ1n) is 9.23. The molecule has 0 N–H and O–H groups in total. The van der Waals surface area contributed by atoms with Crippen LogP contribution in [-0.2, 0) is 20.1 Å². The van der Waals surface area contributed by atoms with Gasteiger partial charge in [-0.3, -0.25) is 0 Å². The van der Waals surface area contributed by atoms with E-state index in [0.717, 1.165) is 7.35 Å². The maximum Gasteiger partial charge on any atom is -1.00 e. The molecule has 2 atom stereocenters. The van der Waals surface area contributed by atoms with E-state index in [9.17, 15) is 0 Å². The van der Waals surface area contributed by atoms with Gasteiger partial charge < -0.3 is 24.8 Å². The fraction of sp³-hybridized carbons (Fsp3) is 0.600. The zero-order valence-corrected chi connectivity index (χ0v) is 21.0. The Balaban J connectivity index is 0.00000104. The SMILES string of the molecule is C[Si](C)=[Hf+2]([C@@H]1C=CC2=C1CCCC2)[C@H]1C=CC2=C1CCCC2.[Cl-].[Cl-]. The Bertz CT molecular complexity index is 601. The number of hydrogen-bond donors (Lipinski definition) is 0. The van der Waals surface area contributed by atoms with Crippen LogP contribution in [0.25, 0.3) is 0 Å². The molecule has 4 aliphatic rings. The Morgan fingerprint density at radius 3 is 1.58 bits per heavy atom. The fourth-order valence-electron chi connectivity index (χ4n) is 5.05. The second kappa shape index (κ2) is 9.02. The van der Waals surface area contributed by atoms with Crippen molar-refractivity contribution in [2.24, 2.45) is 0 Å². The average Bonchev–Trinajstić information content (AvgIpc) is 3.13.